The molecule has 0 unspecified atom stereocenters. The molecule has 3 aromatic rings. The first-order chi connectivity index (χ1) is 9.83. The van der Waals surface area contributed by atoms with Crippen molar-refractivity contribution in [2.45, 2.75) is 13.0 Å². The molecule has 1 aromatic carbocycles. The summed E-state index contributed by atoms with van der Waals surface area (Å²) in [6, 6.07) is 12.0. The largest absolute Gasteiger partial charge is 0.361 e. The minimum atomic E-state index is 0.0426. The first-order valence-corrected chi connectivity index (χ1v) is 6.75. The summed E-state index contributed by atoms with van der Waals surface area (Å²) in [5.74, 6) is 0.0426. The lowest BCUT2D eigenvalue weighted by Gasteiger charge is -2.05. The standard InChI is InChI=1S/C16H17N3O/c20-16(12-19-9-3-4-10-19)17-8-7-13-11-18-15-6-2-1-5-14(13)15/h1-6,9-11,18H,7-8,12H2,(H,17,20). The summed E-state index contributed by atoms with van der Waals surface area (Å²) < 4.78 is 1.86. The number of para-hydroxylation sites is 1. The van der Waals surface area contributed by atoms with Gasteiger partial charge in [0.2, 0.25) is 5.91 Å². The Kier molecular flexibility index (Phi) is 3.54. The SMILES string of the molecule is O=C(Cn1cccc1)NCCc1c[nH]c2ccccc12. The monoisotopic (exact) mass is 267 g/mol. The Bertz CT molecular complexity index is 697. The quantitative estimate of drug-likeness (QED) is 0.732. The van der Waals surface area contributed by atoms with E-state index in [1.807, 2.05) is 47.4 Å². The van der Waals surface area contributed by atoms with Crippen molar-refractivity contribution in [3.8, 4) is 0 Å². The zero-order valence-corrected chi connectivity index (χ0v) is 11.2. The predicted octanol–water partition coefficient (Wildman–Crippen LogP) is 2.33. The van der Waals surface area contributed by atoms with Crippen LogP contribution in [0.4, 0.5) is 0 Å². The van der Waals surface area contributed by atoms with E-state index in [0.717, 1.165) is 11.9 Å². The molecule has 2 N–H and O–H groups in total. The van der Waals surface area contributed by atoms with Gasteiger partial charge in [0.05, 0.1) is 0 Å². The number of rotatable bonds is 5. The second kappa shape index (κ2) is 5.65. The second-order valence-corrected chi connectivity index (χ2v) is 4.81. The van der Waals surface area contributed by atoms with E-state index in [2.05, 4.69) is 22.4 Å². The van der Waals surface area contributed by atoms with Crippen molar-refractivity contribution < 1.29 is 4.79 Å². The van der Waals surface area contributed by atoms with Crippen molar-refractivity contribution in [3.05, 3.63) is 60.6 Å². The van der Waals surface area contributed by atoms with E-state index < -0.39 is 0 Å². The molecule has 0 saturated carbocycles. The van der Waals surface area contributed by atoms with Gasteiger partial charge in [0, 0.05) is 36.0 Å². The van der Waals surface area contributed by atoms with Gasteiger partial charge in [-0.1, -0.05) is 18.2 Å². The molecule has 4 nitrogen and oxygen atoms in total. The molecular formula is C16H17N3O. The number of nitrogens with one attached hydrogen (secondary N) is 2. The average molecular weight is 267 g/mol. The Morgan fingerprint density at radius 3 is 2.80 bits per heavy atom. The molecule has 0 bridgehead atoms. The molecule has 0 saturated heterocycles. The lowest BCUT2D eigenvalue weighted by Crippen LogP contribution is -2.28. The van der Waals surface area contributed by atoms with Crippen LogP contribution in [0.2, 0.25) is 0 Å². The summed E-state index contributed by atoms with van der Waals surface area (Å²) in [5.41, 5.74) is 2.38. The molecule has 0 atom stereocenters. The number of nitrogens with zero attached hydrogens (tertiary/aromatic N) is 1. The first kappa shape index (κ1) is 12.5. The molecule has 102 valence electrons. The van der Waals surface area contributed by atoms with Crippen LogP contribution in [0.25, 0.3) is 10.9 Å². The fourth-order valence-electron chi connectivity index (χ4n) is 2.37. The third-order valence-corrected chi connectivity index (χ3v) is 3.38. The molecule has 0 aliphatic heterocycles. The Labute approximate surface area is 117 Å². The van der Waals surface area contributed by atoms with Gasteiger partial charge in [-0.05, 0) is 30.2 Å². The second-order valence-electron chi connectivity index (χ2n) is 4.81. The minimum absolute atomic E-state index is 0.0426. The van der Waals surface area contributed by atoms with Gasteiger partial charge in [0.25, 0.3) is 0 Å². The van der Waals surface area contributed by atoms with Crippen LogP contribution >= 0.6 is 0 Å². The van der Waals surface area contributed by atoms with Crippen LogP contribution in [0, 0.1) is 0 Å². The number of H-pyrrole nitrogens is 1. The number of amides is 1. The van der Waals surface area contributed by atoms with Gasteiger partial charge in [-0.25, -0.2) is 0 Å². The van der Waals surface area contributed by atoms with Crippen molar-refractivity contribution >= 4 is 16.8 Å². The van der Waals surface area contributed by atoms with Gasteiger partial charge in [0.1, 0.15) is 6.54 Å². The van der Waals surface area contributed by atoms with Crippen molar-refractivity contribution in [2.24, 2.45) is 0 Å². The number of benzene rings is 1. The van der Waals surface area contributed by atoms with Gasteiger partial charge in [-0.3, -0.25) is 4.79 Å². The highest BCUT2D eigenvalue weighted by molar-refractivity contribution is 5.83. The van der Waals surface area contributed by atoms with E-state index in [1.54, 1.807) is 0 Å². The van der Waals surface area contributed by atoms with E-state index in [1.165, 1.54) is 10.9 Å². The van der Waals surface area contributed by atoms with E-state index in [-0.39, 0.29) is 5.91 Å². The maximum Gasteiger partial charge on any atom is 0.239 e. The lowest BCUT2D eigenvalue weighted by molar-refractivity contribution is -0.121. The van der Waals surface area contributed by atoms with Crippen molar-refractivity contribution in [1.82, 2.24) is 14.9 Å². The molecule has 0 fully saturated rings. The summed E-state index contributed by atoms with van der Waals surface area (Å²) in [4.78, 5) is 15.0. The highest BCUT2D eigenvalue weighted by Crippen LogP contribution is 2.17. The molecule has 2 aromatic heterocycles. The topological polar surface area (TPSA) is 49.8 Å². The summed E-state index contributed by atoms with van der Waals surface area (Å²) in [5, 5.41) is 4.18. The van der Waals surface area contributed by atoms with Gasteiger partial charge < -0.3 is 14.9 Å². The average Bonchev–Trinajstić information content (AvgIpc) is 3.09. The molecule has 3 rings (SSSR count). The summed E-state index contributed by atoms with van der Waals surface area (Å²) in [6.45, 7) is 1.03. The van der Waals surface area contributed by atoms with Crippen LogP contribution < -0.4 is 5.32 Å². The first-order valence-electron chi connectivity index (χ1n) is 6.75. The van der Waals surface area contributed by atoms with Crippen LogP contribution in [0.1, 0.15) is 5.56 Å². The molecule has 0 aliphatic rings. The van der Waals surface area contributed by atoms with Crippen LogP contribution in [0.5, 0.6) is 0 Å². The van der Waals surface area contributed by atoms with Crippen LogP contribution in [0.15, 0.2) is 55.0 Å². The third-order valence-electron chi connectivity index (χ3n) is 3.38. The highest BCUT2D eigenvalue weighted by atomic mass is 16.1. The number of fused-ring (bicyclic) bond motifs is 1. The maximum atomic E-state index is 11.8. The van der Waals surface area contributed by atoms with Gasteiger partial charge >= 0.3 is 0 Å². The molecule has 4 heteroatoms. The zero-order chi connectivity index (χ0) is 13.8. The maximum absolute atomic E-state index is 11.8. The van der Waals surface area contributed by atoms with E-state index in [4.69, 9.17) is 0 Å². The Balaban J connectivity index is 1.53. The van der Waals surface area contributed by atoms with E-state index in [9.17, 15) is 4.79 Å². The molecule has 0 spiro atoms. The van der Waals surface area contributed by atoms with Crippen molar-refractivity contribution in [1.29, 1.82) is 0 Å². The predicted molar refractivity (Wildman–Crippen MR) is 79.4 cm³/mol. The lowest BCUT2D eigenvalue weighted by atomic mass is 10.1. The number of carbonyl (C=O) groups excluding carboxylic acids is 1. The third kappa shape index (κ3) is 2.74. The van der Waals surface area contributed by atoms with Crippen LogP contribution in [-0.4, -0.2) is 22.0 Å². The normalized spacial score (nSPS) is 10.8. The number of hydrogen-bond acceptors (Lipinski definition) is 1. The fourth-order valence-corrected chi connectivity index (χ4v) is 2.37. The Morgan fingerprint density at radius 1 is 1.15 bits per heavy atom. The number of hydrogen-bond donors (Lipinski definition) is 2. The van der Waals surface area contributed by atoms with Crippen LogP contribution in [0.3, 0.4) is 0 Å². The highest BCUT2D eigenvalue weighted by Gasteiger charge is 2.04. The molecule has 0 radical (unpaired) electrons. The minimum Gasteiger partial charge on any atom is -0.361 e. The van der Waals surface area contributed by atoms with Crippen molar-refractivity contribution in [2.75, 3.05) is 6.54 Å². The van der Waals surface area contributed by atoms with Crippen LogP contribution in [-0.2, 0) is 17.8 Å². The fraction of sp³-hybridized carbons (Fsp3) is 0.188. The number of aromatic nitrogens is 2. The van der Waals surface area contributed by atoms with Crippen molar-refractivity contribution in [3.63, 3.8) is 0 Å². The van der Waals surface area contributed by atoms with Gasteiger partial charge in [-0.2, -0.15) is 0 Å². The number of aromatic amines is 1. The molecule has 1 amide bonds. The smallest absolute Gasteiger partial charge is 0.239 e. The summed E-state index contributed by atoms with van der Waals surface area (Å²) in [6.07, 6.45) is 6.63. The Hall–Kier alpha value is -2.49. The number of carbonyl (C=O) groups is 1. The summed E-state index contributed by atoms with van der Waals surface area (Å²) in [7, 11) is 0. The Morgan fingerprint density at radius 2 is 1.95 bits per heavy atom. The molecule has 2 heterocycles. The molecular weight excluding hydrogens is 250 g/mol. The van der Waals surface area contributed by atoms with E-state index >= 15 is 0 Å². The zero-order valence-electron chi connectivity index (χ0n) is 11.2. The van der Waals surface area contributed by atoms with Gasteiger partial charge in [0.15, 0.2) is 0 Å². The summed E-state index contributed by atoms with van der Waals surface area (Å²) >= 11 is 0. The molecule has 20 heavy (non-hydrogen) atoms. The van der Waals surface area contributed by atoms with E-state index in [0.29, 0.717) is 13.1 Å². The molecule has 0 aliphatic carbocycles. The van der Waals surface area contributed by atoms with Gasteiger partial charge in [-0.15, -0.1) is 0 Å².